The van der Waals surface area contributed by atoms with Crippen LogP contribution in [0.15, 0.2) is 12.3 Å². The summed E-state index contributed by atoms with van der Waals surface area (Å²) in [5.41, 5.74) is 0. The SMILES string of the molecule is C=C(OCCCCCCN(CCCC)CCCCCCOC(=O)C(CCCCCCCCCC)CCCCCCCCCCCC)C(CCCCCCCCCC)CCCCCCCCCCCC. The molecule has 69 heavy (non-hydrogen) atoms. The molecule has 4 heteroatoms. The van der Waals surface area contributed by atoms with E-state index >= 15 is 0 Å². The maximum atomic E-state index is 13.3. The maximum Gasteiger partial charge on any atom is 0.308 e. The largest absolute Gasteiger partial charge is 0.498 e. The highest BCUT2D eigenvalue weighted by Gasteiger charge is 2.19. The van der Waals surface area contributed by atoms with Gasteiger partial charge in [0.2, 0.25) is 0 Å². The van der Waals surface area contributed by atoms with Gasteiger partial charge in [-0.2, -0.15) is 0 Å². The molecule has 0 aliphatic carbocycles. The van der Waals surface area contributed by atoms with Crippen LogP contribution in [0.3, 0.4) is 0 Å². The van der Waals surface area contributed by atoms with E-state index in [4.69, 9.17) is 9.47 Å². The second-order valence-electron chi connectivity index (χ2n) is 22.4. The van der Waals surface area contributed by atoms with Crippen LogP contribution < -0.4 is 0 Å². The van der Waals surface area contributed by atoms with Crippen molar-refractivity contribution >= 4 is 5.97 Å². The zero-order valence-electron chi connectivity index (χ0n) is 48.4. The molecule has 4 nitrogen and oxygen atoms in total. The minimum absolute atomic E-state index is 0.106. The fraction of sp³-hybridized carbons (Fsp3) is 0.954. The van der Waals surface area contributed by atoms with Crippen molar-refractivity contribution in [2.24, 2.45) is 11.8 Å². The summed E-state index contributed by atoms with van der Waals surface area (Å²) in [6.07, 6.45) is 66.0. The molecule has 0 heterocycles. The summed E-state index contributed by atoms with van der Waals surface area (Å²) in [6.45, 7) is 21.2. The maximum absolute atomic E-state index is 13.3. The van der Waals surface area contributed by atoms with Gasteiger partial charge in [-0.05, 0) is 77.4 Å². The van der Waals surface area contributed by atoms with Crippen molar-refractivity contribution in [2.75, 3.05) is 32.8 Å². The Morgan fingerprint density at radius 2 is 0.551 bits per heavy atom. The summed E-state index contributed by atoms with van der Waals surface area (Å²) >= 11 is 0. The predicted molar refractivity (Wildman–Crippen MR) is 309 cm³/mol. The number of allylic oxidation sites excluding steroid dienone is 1. The average Bonchev–Trinajstić information content (AvgIpc) is 3.35. The number of carbonyl (C=O) groups is 1. The number of hydrogen-bond acceptors (Lipinski definition) is 4. The normalized spacial score (nSPS) is 12.6. The molecule has 0 saturated heterocycles. The van der Waals surface area contributed by atoms with Gasteiger partial charge in [-0.1, -0.05) is 304 Å². The first-order chi connectivity index (χ1) is 34.0. The third-order valence-electron chi connectivity index (χ3n) is 15.5. The molecule has 412 valence electrons. The molecular formula is C65H129NO3. The number of nitrogens with zero attached hydrogens (tertiary/aromatic N) is 1. The molecule has 0 aromatic rings. The van der Waals surface area contributed by atoms with Crippen molar-refractivity contribution in [3.8, 4) is 0 Å². The summed E-state index contributed by atoms with van der Waals surface area (Å²) in [5, 5.41) is 0. The zero-order valence-corrected chi connectivity index (χ0v) is 48.4. The van der Waals surface area contributed by atoms with Gasteiger partial charge in [-0.3, -0.25) is 4.79 Å². The molecule has 0 fully saturated rings. The van der Waals surface area contributed by atoms with Crippen LogP contribution in [0.25, 0.3) is 0 Å². The van der Waals surface area contributed by atoms with Crippen LogP contribution in [-0.4, -0.2) is 43.7 Å². The summed E-state index contributed by atoms with van der Waals surface area (Å²) in [7, 11) is 0. The highest BCUT2D eigenvalue weighted by atomic mass is 16.5. The Kier molecular flexibility index (Phi) is 57.0. The number of esters is 1. The van der Waals surface area contributed by atoms with E-state index in [1.54, 1.807) is 0 Å². The van der Waals surface area contributed by atoms with Gasteiger partial charge >= 0.3 is 5.97 Å². The Morgan fingerprint density at radius 1 is 0.304 bits per heavy atom. The van der Waals surface area contributed by atoms with Crippen molar-refractivity contribution in [3.63, 3.8) is 0 Å². The van der Waals surface area contributed by atoms with Gasteiger partial charge in [0.05, 0.1) is 24.9 Å². The number of hydrogen-bond donors (Lipinski definition) is 0. The van der Waals surface area contributed by atoms with Crippen molar-refractivity contribution in [2.45, 2.75) is 356 Å². The topological polar surface area (TPSA) is 38.8 Å². The van der Waals surface area contributed by atoms with Crippen LogP contribution >= 0.6 is 0 Å². The number of carbonyl (C=O) groups excluding carboxylic acids is 1. The van der Waals surface area contributed by atoms with Gasteiger partial charge in [0, 0.05) is 5.92 Å². The first kappa shape index (κ1) is 68.0. The third-order valence-corrected chi connectivity index (χ3v) is 15.5. The molecule has 2 unspecified atom stereocenters. The standard InChI is InChI=1S/C65H129NO3/c1-7-12-17-21-25-29-31-35-38-46-54-63(53-45-37-33-27-23-19-14-9-3)62(6)68-60-51-43-41-49-58-66(57-16-11-5)59-50-42-44-52-61-69-65(67)64(55-47-39-34-28-24-20-15-10-4)56-48-40-36-32-30-26-22-18-13-8-2/h63-64H,6-61H2,1-5H3. The molecule has 0 aromatic heterocycles. The second-order valence-corrected chi connectivity index (χ2v) is 22.4. The van der Waals surface area contributed by atoms with Gasteiger partial charge in [-0.15, -0.1) is 0 Å². The lowest BCUT2D eigenvalue weighted by Gasteiger charge is -2.22. The Balaban J connectivity index is 4.51. The first-order valence-corrected chi connectivity index (χ1v) is 32.2. The van der Waals surface area contributed by atoms with Crippen molar-refractivity contribution < 1.29 is 14.3 Å². The first-order valence-electron chi connectivity index (χ1n) is 32.2. The van der Waals surface area contributed by atoms with Crippen LogP contribution in [0.5, 0.6) is 0 Å². The molecule has 0 saturated carbocycles. The number of ether oxygens (including phenoxy) is 2. The van der Waals surface area contributed by atoms with Crippen molar-refractivity contribution in [3.05, 3.63) is 12.3 Å². The van der Waals surface area contributed by atoms with Gasteiger partial charge in [0.25, 0.3) is 0 Å². The Morgan fingerprint density at radius 3 is 0.884 bits per heavy atom. The summed E-state index contributed by atoms with van der Waals surface area (Å²) in [4.78, 5) is 16.1. The number of unbranched alkanes of at least 4 members (excludes halogenated alkanes) is 39. The minimum atomic E-state index is 0.106. The summed E-state index contributed by atoms with van der Waals surface area (Å²) in [6, 6.07) is 0. The Hall–Kier alpha value is -1.03. The fourth-order valence-electron chi connectivity index (χ4n) is 10.6. The minimum Gasteiger partial charge on any atom is -0.498 e. The lowest BCUT2D eigenvalue weighted by atomic mass is 9.92. The zero-order chi connectivity index (χ0) is 50.2. The predicted octanol–water partition coefficient (Wildman–Crippen LogP) is 22.2. The van der Waals surface area contributed by atoms with E-state index in [2.05, 4.69) is 46.1 Å². The highest BCUT2D eigenvalue weighted by molar-refractivity contribution is 5.72. The number of rotatable bonds is 60. The molecule has 0 bridgehead atoms. The monoisotopic (exact) mass is 972 g/mol. The van der Waals surface area contributed by atoms with E-state index in [-0.39, 0.29) is 11.9 Å². The van der Waals surface area contributed by atoms with Crippen LogP contribution in [0.1, 0.15) is 356 Å². The molecule has 0 aliphatic rings. The van der Waals surface area contributed by atoms with Gasteiger partial charge in [-0.25, -0.2) is 0 Å². The van der Waals surface area contributed by atoms with Crippen LogP contribution in [-0.2, 0) is 14.3 Å². The van der Waals surface area contributed by atoms with Gasteiger partial charge < -0.3 is 14.4 Å². The van der Waals surface area contributed by atoms with Crippen LogP contribution in [0, 0.1) is 11.8 Å². The molecule has 0 aromatic carbocycles. The molecule has 0 rings (SSSR count). The molecule has 2 atom stereocenters. The molecule has 0 aliphatic heterocycles. The highest BCUT2D eigenvalue weighted by Crippen LogP contribution is 2.27. The molecule has 0 radical (unpaired) electrons. The molecule has 0 amide bonds. The summed E-state index contributed by atoms with van der Waals surface area (Å²) < 4.78 is 12.4. The smallest absolute Gasteiger partial charge is 0.308 e. The average molecular weight is 973 g/mol. The van der Waals surface area contributed by atoms with E-state index in [0.717, 1.165) is 38.0 Å². The van der Waals surface area contributed by atoms with Crippen LogP contribution in [0.4, 0.5) is 0 Å². The molecular weight excluding hydrogens is 843 g/mol. The van der Waals surface area contributed by atoms with E-state index in [0.29, 0.717) is 12.5 Å². The van der Waals surface area contributed by atoms with E-state index < -0.39 is 0 Å². The van der Waals surface area contributed by atoms with Crippen LogP contribution in [0.2, 0.25) is 0 Å². The van der Waals surface area contributed by atoms with Crippen molar-refractivity contribution in [1.29, 1.82) is 0 Å². The lowest BCUT2D eigenvalue weighted by molar-refractivity contribution is -0.149. The fourth-order valence-corrected chi connectivity index (χ4v) is 10.6. The van der Waals surface area contributed by atoms with Crippen molar-refractivity contribution in [1.82, 2.24) is 4.90 Å². The summed E-state index contributed by atoms with van der Waals surface area (Å²) in [5.74, 6) is 1.86. The Labute approximate surface area is 436 Å². The van der Waals surface area contributed by atoms with Gasteiger partial charge in [0.15, 0.2) is 0 Å². The molecule has 0 N–H and O–H groups in total. The van der Waals surface area contributed by atoms with E-state index in [1.807, 2.05) is 0 Å². The second kappa shape index (κ2) is 57.9. The molecule has 0 spiro atoms. The quantitative estimate of drug-likeness (QED) is 0.0346. The van der Waals surface area contributed by atoms with E-state index in [1.165, 1.54) is 315 Å². The van der Waals surface area contributed by atoms with Gasteiger partial charge in [0.1, 0.15) is 0 Å². The lowest BCUT2D eigenvalue weighted by Crippen LogP contribution is -2.27. The Bertz CT molecular complexity index is 924. The van der Waals surface area contributed by atoms with E-state index in [9.17, 15) is 4.79 Å². The third kappa shape index (κ3) is 50.3.